The van der Waals surface area contributed by atoms with Crippen LogP contribution in [0.5, 0.6) is 0 Å². The highest BCUT2D eigenvalue weighted by atomic mass is 16.1. The number of hydrogen-bond donors (Lipinski definition) is 2. The molecule has 0 aromatic heterocycles. The third kappa shape index (κ3) is 10.1. The molecule has 0 saturated heterocycles. The highest BCUT2D eigenvalue weighted by Gasteiger charge is 2.17. The Balaban J connectivity index is 4.26. The molecule has 0 saturated carbocycles. The Kier molecular flexibility index (Phi) is 7.12. The zero-order valence-corrected chi connectivity index (χ0v) is 12.9. The second-order valence-corrected chi connectivity index (χ2v) is 5.75. The van der Waals surface area contributed by atoms with E-state index in [2.05, 4.69) is 24.5 Å². The van der Waals surface area contributed by atoms with Crippen LogP contribution in [0, 0.1) is 5.41 Å². The summed E-state index contributed by atoms with van der Waals surface area (Å²) < 4.78 is 0. The minimum absolute atomic E-state index is 0.0117. The molecule has 0 unspecified atom stereocenters. The maximum absolute atomic E-state index is 10.9. The first-order valence-corrected chi connectivity index (χ1v) is 6.48. The van der Waals surface area contributed by atoms with Crippen molar-refractivity contribution >= 4 is 11.6 Å². The summed E-state index contributed by atoms with van der Waals surface area (Å²) >= 11 is 0. The second-order valence-electron chi connectivity index (χ2n) is 5.75. The lowest BCUT2D eigenvalue weighted by molar-refractivity contribution is -0.113. The first-order chi connectivity index (χ1) is 8.62. The molecular formula is C15H26N2O2. The topological polar surface area (TPSA) is 58.2 Å². The van der Waals surface area contributed by atoms with Gasteiger partial charge < -0.3 is 10.6 Å². The van der Waals surface area contributed by atoms with Crippen LogP contribution in [0.25, 0.3) is 0 Å². The molecule has 0 amide bonds. The van der Waals surface area contributed by atoms with Crippen LogP contribution in [-0.4, -0.2) is 24.7 Å². The van der Waals surface area contributed by atoms with Gasteiger partial charge in [-0.1, -0.05) is 13.8 Å². The van der Waals surface area contributed by atoms with Gasteiger partial charge in [-0.25, -0.2) is 0 Å². The number of allylic oxidation sites excluding steroid dienone is 4. The van der Waals surface area contributed by atoms with Crippen molar-refractivity contribution < 1.29 is 9.59 Å². The van der Waals surface area contributed by atoms with Crippen molar-refractivity contribution in [3.8, 4) is 0 Å². The van der Waals surface area contributed by atoms with E-state index in [4.69, 9.17) is 0 Å². The maximum atomic E-state index is 10.9. The highest BCUT2D eigenvalue weighted by molar-refractivity contribution is 5.88. The zero-order chi connectivity index (χ0) is 15.1. The summed E-state index contributed by atoms with van der Waals surface area (Å²) in [5.41, 5.74) is 1.76. The van der Waals surface area contributed by atoms with Crippen molar-refractivity contribution in [1.29, 1.82) is 0 Å². The number of nitrogens with one attached hydrogen (secondary N) is 2. The average molecular weight is 266 g/mol. The standard InChI is InChI=1S/C15H26N2O2/c1-11(7-13(3)18)16-9-15(5,6)10-17-12(2)8-14(4)19/h7-8,16-17H,9-10H2,1-6H3/b11-7+,12-8+. The maximum Gasteiger partial charge on any atom is 0.154 e. The monoisotopic (exact) mass is 266 g/mol. The third-order valence-electron chi connectivity index (χ3n) is 2.53. The smallest absolute Gasteiger partial charge is 0.154 e. The number of ketones is 2. The van der Waals surface area contributed by atoms with E-state index in [1.807, 2.05) is 13.8 Å². The Labute approximate surface area is 116 Å². The zero-order valence-electron chi connectivity index (χ0n) is 12.9. The summed E-state index contributed by atoms with van der Waals surface area (Å²) in [4.78, 5) is 21.9. The van der Waals surface area contributed by atoms with E-state index in [1.54, 1.807) is 12.2 Å². The van der Waals surface area contributed by atoms with Gasteiger partial charge in [0.2, 0.25) is 0 Å². The molecule has 0 aromatic rings. The molecule has 0 aliphatic rings. The lowest BCUT2D eigenvalue weighted by atomic mass is 9.93. The van der Waals surface area contributed by atoms with Crippen molar-refractivity contribution in [2.45, 2.75) is 41.5 Å². The van der Waals surface area contributed by atoms with Crippen LogP contribution in [0.1, 0.15) is 41.5 Å². The molecule has 108 valence electrons. The number of rotatable bonds is 8. The van der Waals surface area contributed by atoms with Gasteiger partial charge in [-0.15, -0.1) is 0 Å². The fourth-order valence-corrected chi connectivity index (χ4v) is 1.53. The molecule has 0 radical (unpaired) electrons. The minimum Gasteiger partial charge on any atom is -0.388 e. The molecular weight excluding hydrogens is 240 g/mol. The highest BCUT2D eigenvalue weighted by Crippen LogP contribution is 2.13. The molecule has 0 heterocycles. The molecule has 19 heavy (non-hydrogen) atoms. The van der Waals surface area contributed by atoms with Gasteiger partial charge >= 0.3 is 0 Å². The Bertz CT molecular complexity index is 357. The van der Waals surface area contributed by atoms with Gasteiger partial charge in [0, 0.05) is 24.5 Å². The van der Waals surface area contributed by atoms with Crippen LogP contribution in [-0.2, 0) is 9.59 Å². The summed E-state index contributed by atoms with van der Waals surface area (Å²) in [6, 6.07) is 0. The van der Waals surface area contributed by atoms with Crippen LogP contribution >= 0.6 is 0 Å². The quantitative estimate of drug-likeness (QED) is 0.661. The van der Waals surface area contributed by atoms with Crippen LogP contribution in [0.2, 0.25) is 0 Å². The Morgan fingerprint density at radius 3 is 1.42 bits per heavy atom. The van der Waals surface area contributed by atoms with E-state index in [0.717, 1.165) is 24.5 Å². The van der Waals surface area contributed by atoms with Gasteiger partial charge in [0.1, 0.15) is 0 Å². The van der Waals surface area contributed by atoms with Crippen molar-refractivity contribution in [2.75, 3.05) is 13.1 Å². The van der Waals surface area contributed by atoms with Gasteiger partial charge in [0.05, 0.1) is 0 Å². The molecule has 0 aromatic carbocycles. The molecule has 4 nitrogen and oxygen atoms in total. The van der Waals surface area contributed by atoms with Crippen molar-refractivity contribution in [3.05, 3.63) is 23.5 Å². The Hall–Kier alpha value is -1.58. The van der Waals surface area contributed by atoms with Crippen molar-refractivity contribution in [1.82, 2.24) is 10.6 Å². The van der Waals surface area contributed by atoms with Gasteiger partial charge in [0.15, 0.2) is 11.6 Å². The summed E-state index contributed by atoms with van der Waals surface area (Å²) in [6.07, 6.45) is 3.18. The van der Waals surface area contributed by atoms with Crippen LogP contribution < -0.4 is 10.6 Å². The molecule has 0 aliphatic heterocycles. The molecule has 2 N–H and O–H groups in total. The first-order valence-electron chi connectivity index (χ1n) is 6.48. The molecule has 0 fully saturated rings. The SMILES string of the molecule is CC(=O)/C=C(\C)NCC(C)(C)CN/C(C)=C/C(C)=O. The van der Waals surface area contributed by atoms with Crippen LogP contribution in [0.3, 0.4) is 0 Å². The molecule has 0 rings (SSSR count). The number of carbonyl (C=O) groups excluding carboxylic acids is 2. The predicted molar refractivity (Wildman–Crippen MR) is 78.7 cm³/mol. The summed E-state index contributed by atoms with van der Waals surface area (Å²) in [5.74, 6) is 0.0855. The van der Waals surface area contributed by atoms with Crippen LogP contribution in [0.15, 0.2) is 23.5 Å². The van der Waals surface area contributed by atoms with Crippen LogP contribution in [0.4, 0.5) is 0 Å². The summed E-state index contributed by atoms with van der Waals surface area (Å²) in [5, 5.41) is 6.47. The second kappa shape index (κ2) is 7.77. The normalized spacial score (nSPS) is 13.2. The van der Waals surface area contributed by atoms with Gasteiger partial charge in [-0.05, 0) is 45.3 Å². The fourth-order valence-electron chi connectivity index (χ4n) is 1.53. The Morgan fingerprint density at radius 1 is 0.842 bits per heavy atom. The predicted octanol–water partition coefficient (Wildman–Crippen LogP) is 2.18. The van der Waals surface area contributed by atoms with Gasteiger partial charge in [-0.2, -0.15) is 0 Å². The molecule has 0 spiro atoms. The van der Waals surface area contributed by atoms with E-state index >= 15 is 0 Å². The van der Waals surface area contributed by atoms with E-state index in [0.29, 0.717) is 0 Å². The molecule has 0 aliphatic carbocycles. The van der Waals surface area contributed by atoms with Gasteiger partial charge in [0.25, 0.3) is 0 Å². The van der Waals surface area contributed by atoms with E-state index in [9.17, 15) is 9.59 Å². The minimum atomic E-state index is 0.0117. The lowest BCUT2D eigenvalue weighted by Crippen LogP contribution is -2.37. The summed E-state index contributed by atoms with van der Waals surface area (Å²) in [7, 11) is 0. The molecule has 0 atom stereocenters. The van der Waals surface area contributed by atoms with Crippen molar-refractivity contribution in [2.24, 2.45) is 5.41 Å². The summed E-state index contributed by atoms with van der Waals surface area (Å²) in [6.45, 7) is 12.6. The van der Waals surface area contributed by atoms with Crippen molar-refractivity contribution in [3.63, 3.8) is 0 Å². The van der Waals surface area contributed by atoms with Gasteiger partial charge in [-0.3, -0.25) is 9.59 Å². The average Bonchev–Trinajstić information content (AvgIpc) is 2.22. The van der Waals surface area contributed by atoms with E-state index < -0.39 is 0 Å². The number of hydrogen-bond acceptors (Lipinski definition) is 4. The lowest BCUT2D eigenvalue weighted by Gasteiger charge is -2.26. The first kappa shape index (κ1) is 17.4. The molecule has 0 bridgehead atoms. The largest absolute Gasteiger partial charge is 0.388 e. The third-order valence-corrected chi connectivity index (χ3v) is 2.53. The van der Waals surface area contributed by atoms with E-state index in [-0.39, 0.29) is 17.0 Å². The fraction of sp³-hybridized carbons (Fsp3) is 0.600. The number of carbonyl (C=O) groups is 2. The van der Waals surface area contributed by atoms with E-state index in [1.165, 1.54) is 13.8 Å². The Morgan fingerprint density at radius 2 is 1.16 bits per heavy atom. The molecule has 4 heteroatoms.